The highest BCUT2D eigenvalue weighted by Gasteiger charge is 2.33. The average Bonchev–Trinajstić information content (AvgIpc) is 3.35. The van der Waals surface area contributed by atoms with E-state index in [1.807, 2.05) is 69.6 Å². The van der Waals surface area contributed by atoms with Crippen LogP contribution >= 0.6 is 0 Å². The number of benzene rings is 2. The van der Waals surface area contributed by atoms with Crippen molar-refractivity contribution in [3.05, 3.63) is 72.2 Å². The van der Waals surface area contributed by atoms with Gasteiger partial charge in [-0.1, -0.05) is 0 Å². The van der Waals surface area contributed by atoms with Crippen LogP contribution in [0.3, 0.4) is 0 Å². The number of hydrogen-bond acceptors (Lipinski definition) is 8. The molecule has 6 rings (SSSR count). The van der Waals surface area contributed by atoms with Gasteiger partial charge in [0.05, 0.1) is 28.6 Å². The number of carbonyl (C=O) groups excluding carboxylic acids is 1. The topological polar surface area (TPSA) is 107 Å². The lowest BCUT2D eigenvalue weighted by Crippen LogP contribution is -2.47. The number of anilines is 2. The largest absolute Gasteiger partial charge is 0.457 e. The fourth-order valence-corrected chi connectivity index (χ4v) is 5.51. The third kappa shape index (κ3) is 5.86. The molecule has 0 aliphatic carbocycles. The van der Waals surface area contributed by atoms with E-state index in [0.29, 0.717) is 40.5 Å². The van der Waals surface area contributed by atoms with E-state index in [1.54, 1.807) is 30.3 Å². The van der Waals surface area contributed by atoms with Crippen LogP contribution in [0.25, 0.3) is 22.1 Å². The molecule has 0 spiro atoms. The van der Waals surface area contributed by atoms with Crippen molar-refractivity contribution in [3.8, 4) is 11.5 Å². The molecular formula is C33H36FN7O3. The summed E-state index contributed by atoms with van der Waals surface area (Å²) in [6, 6.07) is 12.8. The Kier molecular flexibility index (Phi) is 7.56. The summed E-state index contributed by atoms with van der Waals surface area (Å²) >= 11 is 0. The van der Waals surface area contributed by atoms with E-state index in [0.717, 1.165) is 29.6 Å². The summed E-state index contributed by atoms with van der Waals surface area (Å²) in [6.07, 6.45) is 4.54. The number of halogens is 1. The number of hydrogen-bond donors (Lipinski definition) is 1. The molecule has 1 N–H and O–H groups in total. The Morgan fingerprint density at radius 1 is 1.05 bits per heavy atom. The van der Waals surface area contributed by atoms with Gasteiger partial charge in [0.1, 0.15) is 28.9 Å². The number of fused-ring (bicyclic) bond motifs is 2. The SMILES string of the molecule is Cc1c(Oc2ccc3c(c2)ncn3C)ccc(Nc2ncnc3ccc([C@@H]4CC[C@@H](C)N(C(=O)OC(C)(C)C)C4)nc23)c1F. The summed E-state index contributed by atoms with van der Waals surface area (Å²) in [4.78, 5) is 32.8. The number of ether oxygens (including phenoxy) is 2. The predicted octanol–water partition coefficient (Wildman–Crippen LogP) is 7.40. The number of nitrogens with zero attached hydrogens (tertiary/aromatic N) is 6. The van der Waals surface area contributed by atoms with Gasteiger partial charge in [0.25, 0.3) is 0 Å². The molecule has 0 saturated carbocycles. The number of aromatic nitrogens is 5. The van der Waals surface area contributed by atoms with Crippen molar-refractivity contribution >= 4 is 39.7 Å². The van der Waals surface area contributed by atoms with Crippen LogP contribution in [0.5, 0.6) is 11.5 Å². The van der Waals surface area contributed by atoms with E-state index in [1.165, 1.54) is 6.33 Å². The Morgan fingerprint density at radius 2 is 1.86 bits per heavy atom. The monoisotopic (exact) mass is 597 g/mol. The highest BCUT2D eigenvalue weighted by atomic mass is 19.1. The highest BCUT2D eigenvalue weighted by Crippen LogP contribution is 2.35. The molecule has 0 radical (unpaired) electrons. The molecule has 11 heteroatoms. The molecule has 1 aliphatic rings. The molecule has 4 heterocycles. The average molecular weight is 598 g/mol. The third-order valence-corrected chi connectivity index (χ3v) is 7.95. The van der Waals surface area contributed by atoms with Gasteiger partial charge in [-0.05, 0) is 83.9 Å². The zero-order valence-corrected chi connectivity index (χ0v) is 25.8. The maximum absolute atomic E-state index is 15.7. The van der Waals surface area contributed by atoms with Gasteiger partial charge >= 0.3 is 6.09 Å². The normalized spacial score (nSPS) is 17.2. The zero-order valence-electron chi connectivity index (χ0n) is 25.8. The van der Waals surface area contributed by atoms with E-state index in [-0.39, 0.29) is 23.7 Å². The van der Waals surface area contributed by atoms with Crippen molar-refractivity contribution in [2.75, 3.05) is 11.9 Å². The Morgan fingerprint density at radius 3 is 2.66 bits per heavy atom. The minimum absolute atomic E-state index is 0.0110. The van der Waals surface area contributed by atoms with Gasteiger partial charge in [0.2, 0.25) is 0 Å². The van der Waals surface area contributed by atoms with E-state index in [2.05, 4.69) is 20.3 Å². The van der Waals surface area contributed by atoms with Gasteiger partial charge in [0, 0.05) is 42.9 Å². The molecule has 10 nitrogen and oxygen atoms in total. The lowest BCUT2D eigenvalue weighted by molar-refractivity contribution is 0.00955. The summed E-state index contributed by atoms with van der Waals surface area (Å²) in [6.45, 7) is 9.80. The van der Waals surface area contributed by atoms with Gasteiger partial charge in [-0.2, -0.15) is 0 Å². The first-order valence-corrected chi connectivity index (χ1v) is 14.7. The standard InChI is InChI=1S/C33H36FN7O3/c1-19-7-8-21(16-41(19)32(42)44-33(3,4)5)23-10-11-25-30(38-23)31(36-17-35-25)39-24-12-14-28(20(2)29(24)34)43-22-9-13-27-26(15-22)37-18-40(27)6/h9-15,17-19,21H,7-8,16H2,1-6H3,(H,35,36,39)/t19-,21-/m1/s1. The lowest BCUT2D eigenvalue weighted by atomic mass is 9.90. The van der Waals surface area contributed by atoms with E-state index in [4.69, 9.17) is 14.5 Å². The quantitative estimate of drug-likeness (QED) is 0.223. The summed E-state index contributed by atoms with van der Waals surface area (Å²) in [5.41, 5.74) is 3.76. The van der Waals surface area contributed by atoms with Crippen LogP contribution in [0, 0.1) is 12.7 Å². The molecule has 5 aromatic rings. The van der Waals surface area contributed by atoms with Crippen molar-refractivity contribution in [1.82, 2.24) is 29.4 Å². The van der Waals surface area contributed by atoms with Crippen molar-refractivity contribution < 1.29 is 18.7 Å². The van der Waals surface area contributed by atoms with Crippen molar-refractivity contribution in [3.63, 3.8) is 0 Å². The molecule has 1 saturated heterocycles. The number of likely N-dealkylation sites (tertiary alicyclic amines) is 1. The Balaban J connectivity index is 1.24. The number of pyridine rings is 1. The lowest BCUT2D eigenvalue weighted by Gasteiger charge is -2.38. The minimum Gasteiger partial charge on any atom is -0.457 e. The highest BCUT2D eigenvalue weighted by molar-refractivity contribution is 5.87. The first-order valence-electron chi connectivity index (χ1n) is 14.7. The fraction of sp³-hybridized carbons (Fsp3) is 0.364. The van der Waals surface area contributed by atoms with E-state index >= 15 is 4.39 Å². The molecule has 1 aliphatic heterocycles. The van der Waals surface area contributed by atoms with Crippen LogP contribution in [0.15, 0.2) is 55.1 Å². The number of imidazole rings is 1. The Hall–Kier alpha value is -4.80. The van der Waals surface area contributed by atoms with Gasteiger partial charge < -0.3 is 24.3 Å². The molecule has 1 amide bonds. The molecule has 2 atom stereocenters. The van der Waals surface area contributed by atoms with Gasteiger partial charge in [0.15, 0.2) is 11.6 Å². The number of rotatable bonds is 5. The van der Waals surface area contributed by atoms with E-state index in [9.17, 15) is 4.79 Å². The van der Waals surface area contributed by atoms with Crippen molar-refractivity contribution in [1.29, 1.82) is 0 Å². The first kappa shape index (κ1) is 29.3. The number of nitrogens with one attached hydrogen (secondary N) is 1. The predicted molar refractivity (Wildman–Crippen MR) is 167 cm³/mol. The second kappa shape index (κ2) is 11.4. The number of amides is 1. The van der Waals surface area contributed by atoms with Crippen molar-refractivity contribution in [2.24, 2.45) is 7.05 Å². The summed E-state index contributed by atoms with van der Waals surface area (Å²) in [7, 11) is 1.93. The van der Waals surface area contributed by atoms with Crippen LogP contribution in [-0.4, -0.2) is 53.7 Å². The molecule has 3 aromatic heterocycles. The Bertz CT molecular complexity index is 1870. The summed E-state index contributed by atoms with van der Waals surface area (Å²) in [5.74, 6) is 0.908. The van der Waals surface area contributed by atoms with Crippen LogP contribution in [-0.2, 0) is 11.8 Å². The van der Waals surface area contributed by atoms with E-state index < -0.39 is 11.4 Å². The first-order chi connectivity index (χ1) is 21.0. The number of carbonyl (C=O) groups is 1. The third-order valence-electron chi connectivity index (χ3n) is 7.95. The van der Waals surface area contributed by atoms with Crippen LogP contribution in [0.4, 0.5) is 20.7 Å². The Labute approximate surface area is 255 Å². The van der Waals surface area contributed by atoms with Gasteiger partial charge in [-0.15, -0.1) is 0 Å². The molecule has 1 fully saturated rings. The molecule has 0 unspecified atom stereocenters. The maximum Gasteiger partial charge on any atom is 0.410 e. The zero-order chi connectivity index (χ0) is 31.2. The number of aryl methyl sites for hydroxylation is 1. The minimum atomic E-state index is -0.575. The molecular weight excluding hydrogens is 561 g/mol. The summed E-state index contributed by atoms with van der Waals surface area (Å²) in [5, 5.41) is 3.12. The second-order valence-corrected chi connectivity index (χ2v) is 12.4. The van der Waals surface area contributed by atoms with Crippen molar-refractivity contribution in [2.45, 2.75) is 65.0 Å². The molecule has 0 bridgehead atoms. The second-order valence-electron chi connectivity index (χ2n) is 12.4. The summed E-state index contributed by atoms with van der Waals surface area (Å²) < 4.78 is 29.3. The van der Waals surface area contributed by atoms with Crippen LogP contribution in [0.2, 0.25) is 0 Å². The molecule has 228 valence electrons. The van der Waals surface area contributed by atoms with Gasteiger partial charge in [-0.25, -0.2) is 29.1 Å². The number of piperidine rings is 1. The smallest absolute Gasteiger partial charge is 0.410 e. The maximum atomic E-state index is 15.7. The van der Waals surface area contributed by atoms with Crippen LogP contribution < -0.4 is 10.1 Å². The molecule has 2 aromatic carbocycles. The molecule has 44 heavy (non-hydrogen) atoms. The van der Waals surface area contributed by atoms with Crippen LogP contribution in [0.1, 0.15) is 57.7 Å². The van der Waals surface area contributed by atoms with Gasteiger partial charge in [-0.3, -0.25) is 0 Å². The fourth-order valence-electron chi connectivity index (χ4n) is 5.51.